The first-order valence-electron chi connectivity index (χ1n) is 20.4. The fourth-order valence-electron chi connectivity index (χ4n) is 7.59. The van der Waals surface area contributed by atoms with Crippen LogP contribution in [-0.2, 0) is 29.7 Å². The van der Waals surface area contributed by atoms with Crippen LogP contribution < -0.4 is 21.5 Å². The molecule has 0 radical (unpaired) electrons. The minimum Gasteiger partial charge on any atom is -0.388 e. The van der Waals surface area contributed by atoms with Crippen molar-refractivity contribution in [3.63, 3.8) is 0 Å². The number of amides is 3. The summed E-state index contributed by atoms with van der Waals surface area (Å²) in [5.41, 5.74) is 4.60. The molecule has 1 atom stereocenters. The molecule has 1 saturated heterocycles. The van der Waals surface area contributed by atoms with E-state index in [4.69, 9.17) is 0 Å². The fraction of sp³-hybridized carbons (Fsp3) is 0.422. The molecule has 13 heteroatoms. The number of nitrogens with zero attached hydrogens (tertiary/aromatic N) is 5. The molecular formula is C45H56N8O5. The molecule has 1 aliphatic heterocycles. The molecule has 1 fully saturated rings. The van der Waals surface area contributed by atoms with Crippen molar-refractivity contribution in [2.24, 2.45) is 7.05 Å². The van der Waals surface area contributed by atoms with Gasteiger partial charge in [0.15, 0.2) is 5.52 Å². The SMILES string of the molecule is Cc1ccccc1C(=O)NCCCCCCNC(=O)CNCc1ccc(-c2c3ncn(CC4(O)CCN(C(=O)CC(C)c5ccccc5)CC4)c(=O)c3nn2C)cc1. The Morgan fingerprint density at radius 1 is 0.862 bits per heavy atom. The molecule has 58 heavy (non-hydrogen) atoms. The standard InChI is InChI=1S/C45H56N8O5/c1-32-13-9-10-16-37(32)43(56)48-24-12-5-4-11-23-47-38(54)29-46-28-34-17-19-36(20-18-34)42-40-41(50-51(42)3)44(57)53(31-49-40)30-45(58)21-25-52(26-22-45)39(55)27-33(2)35-14-7-6-8-15-35/h6-10,13-20,31,33,46,58H,4-5,11-12,21-30H2,1-3H3,(H,47,54)(H,48,56). The van der Waals surface area contributed by atoms with Crippen LogP contribution in [0, 0.1) is 6.92 Å². The van der Waals surface area contributed by atoms with Gasteiger partial charge in [-0.3, -0.25) is 28.4 Å². The van der Waals surface area contributed by atoms with Crippen LogP contribution in [0.15, 0.2) is 90.0 Å². The number of benzene rings is 3. The highest BCUT2D eigenvalue weighted by molar-refractivity contribution is 5.95. The molecule has 1 aliphatic rings. The molecule has 5 aromatic rings. The van der Waals surface area contributed by atoms with Gasteiger partial charge in [-0.25, -0.2) is 4.98 Å². The normalized spacial score (nSPS) is 14.3. The lowest BCUT2D eigenvalue weighted by Crippen LogP contribution is -2.49. The van der Waals surface area contributed by atoms with Crippen LogP contribution in [0.5, 0.6) is 0 Å². The molecule has 2 aromatic heterocycles. The van der Waals surface area contributed by atoms with Gasteiger partial charge in [0.25, 0.3) is 11.5 Å². The highest BCUT2D eigenvalue weighted by atomic mass is 16.3. The first kappa shape index (κ1) is 42.0. The average molecular weight is 789 g/mol. The minimum atomic E-state index is -1.14. The van der Waals surface area contributed by atoms with Crippen molar-refractivity contribution in [3.8, 4) is 11.3 Å². The maximum Gasteiger partial charge on any atom is 0.281 e. The Morgan fingerprint density at radius 2 is 1.53 bits per heavy atom. The van der Waals surface area contributed by atoms with E-state index in [1.165, 1.54) is 10.9 Å². The van der Waals surface area contributed by atoms with Crippen LogP contribution in [0.1, 0.15) is 84.8 Å². The maximum absolute atomic E-state index is 13.6. The molecule has 13 nitrogen and oxygen atoms in total. The van der Waals surface area contributed by atoms with E-state index in [0.717, 1.165) is 47.9 Å². The molecule has 3 amide bonds. The van der Waals surface area contributed by atoms with Gasteiger partial charge in [-0.15, -0.1) is 0 Å². The van der Waals surface area contributed by atoms with E-state index in [1.807, 2.05) is 90.7 Å². The summed E-state index contributed by atoms with van der Waals surface area (Å²) in [6.45, 7) is 6.87. The van der Waals surface area contributed by atoms with Crippen LogP contribution in [0.4, 0.5) is 0 Å². The van der Waals surface area contributed by atoms with Gasteiger partial charge in [0.1, 0.15) is 5.52 Å². The van der Waals surface area contributed by atoms with Crippen molar-refractivity contribution in [1.82, 2.24) is 40.2 Å². The highest BCUT2D eigenvalue weighted by Crippen LogP contribution is 2.28. The topological polar surface area (TPSA) is 163 Å². The fourth-order valence-corrected chi connectivity index (χ4v) is 7.59. The molecule has 3 aromatic carbocycles. The summed E-state index contributed by atoms with van der Waals surface area (Å²) in [6.07, 6.45) is 6.34. The Bertz CT molecular complexity index is 2230. The van der Waals surface area contributed by atoms with E-state index in [0.29, 0.717) is 68.8 Å². The number of unbranched alkanes of at least 4 members (excludes halogenated alkanes) is 3. The number of aliphatic hydroxyl groups is 1. The van der Waals surface area contributed by atoms with E-state index in [9.17, 15) is 24.3 Å². The van der Waals surface area contributed by atoms with Crippen molar-refractivity contribution in [3.05, 3.63) is 118 Å². The number of piperidine rings is 1. The van der Waals surface area contributed by atoms with Crippen molar-refractivity contribution >= 4 is 28.8 Å². The Hall–Kier alpha value is -5.66. The first-order valence-corrected chi connectivity index (χ1v) is 20.4. The Kier molecular flexibility index (Phi) is 14.2. The molecule has 1 unspecified atom stereocenters. The quantitative estimate of drug-likeness (QED) is 0.0917. The summed E-state index contributed by atoms with van der Waals surface area (Å²) >= 11 is 0. The number of likely N-dealkylation sites (tertiary alicyclic amines) is 1. The van der Waals surface area contributed by atoms with Gasteiger partial charge < -0.3 is 26.0 Å². The zero-order valence-corrected chi connectivity index (χ0v) is 33.9. The summed E-state index contributed by atoms with van der Waals surface area (Å²) in [5, 5.41) is 25.1. The number of rotatable bonds is 18. The molecule has 3 heterocycles. The Morgan fingerprint density at radius 3 is 2.24 bits per heavy atom. The zero-order chi connectivity index (χ0) is 41.1. The summed E-state index contributed by atoms with van der Waals surface area (Å²) in [4.78, 5) is 57.8. The second kappa shape index (κ2) is 19.7. The molecule has 306 valence electrons. The van der Waals surface area contributed by atoms with Crippen LogP contribution in [0.3, 0.4) is 0 Å². The lowest BCUT2D eigenvalue weighted by atomic mass is 9.90. The molecule has 4 N–H and O–H groups in total. The molecule has 0 aliphatic carbocycles. The zero-order valence-electron chi connectivity index (χ0n) is 33.9. The van der Waals surface area contributed by atoms with E-state index in [2.05, 4.69) is 33.0 Å². The third kappa shape index (κ3) is 10.8. The second-order valence-corrected chi connectivity index (χ2v) is 15.6. The molecular weight excluding hydrogens is 733 g/mol. The summed E-state index contributed by atoms with van der Waals surface area (Å²) < 4.78 is 3.08. The van der Waals surface area contributed by atoms with Gasteiger partial charge in [-0.1, -0.05) is 92.6 Å². The number of carbonyl (C=O) groups excluding carboxylic acids is 3. The van der Waals surface area contributed by atoms with Gasteiger partial charge in [0.2, 0.25) is 11.8 Å². The van der Waals surface area contributed by atoms with Crippen LogP contribution in [0.25, 0.3) is 22.3 Å². The van der Waals surface area contributed by atoms with Crippen LogP contribution in [-0.4, -0.2) is 85.4 Å². The number of carbonyl (C=O) groups is 3. The second-order valence-electron chi connectivity index (χ2n) is 15.6. The van der Waals surface area contributed by atoms with E-state index >= 15 is 0 Å². The van der Waals surface area contributed by atoms with Gasteiger partial charge in [0.05, 0.1) is 30.7 Å². The molecule has 0 spiro atoms. The van der Waals surface area contributed by atoms with Crippen LogP contribution >= 0.6 is 0 Å². The van der Waals surface area contributed by atoms with Crippen LogP contribution in [0.2, 0.25) is 0 Å². The number of nitrogens with one attached hydrogen (secondary N) is 3. The number of aryl methyl sites for hydroxylation is 2. The van der Waals surface area contributed by atoms with Gasteiger partial charge in [-0.2, -0.15) is 5.10 Å². The Labute approximate surface area is 339 Å². The monoisotopic (exact) mass is 788 g/mol. The van der Waals surface area contributed by atoms with Crippen molar-refractivity contribution < 1.29 is 19.5 Å². The highest BCUT2D eigenvalue weighted by Gasteiger charge is 2.35. The predicted molar refractivity (Wildman–Crippen MR) is 225 cm³/mol. The van der Waals surface area contributed by atoms with Gasteiger partial charge >= 0.3 is 0 Å². The van der Waals surface area contributed by atoms with Gasteiger partial charge in [0, 0.05) is 57.3 Å². The maximum atomic E-state index is 13.6. The van der Waals surface area contributed by atoms with Crippen molar-refractivity contribution in [1.29, 1.82) is 0 Å². The Balaban J connectivity index is 0.912. The number of hydrogen-bond acceptors (Lipinski definition) is 8. The van der Waals surface area contributed by atoms with Gasteiger partial charge in [-0.05, 0) is 61.3 Å². The summed E-state index contributed by atoms with van der Waals surface area (Å²) in [7, 11) is 1.78. The minimum absolute atomic E-state index is 0.0389. The third-order valence-electron chi connectivity index (χ3n) is 11.1. The lowest BCUT2D eigenvalue weighted by Gasteiger charge is -2.38. The smallest absolute Gasteiger partial charge is 0.281 e. The largest absolute Gasteiger partial charge is 0.388 e. The van der Waals surface area contributed by atoms with Crippen molar-refractivity contribution in [2.45, 2.75) is 83.4 Å². The predicted octanol–water partition coefficient (Wildman–Crippen LogP) is 4.85. The van der Waals surface area contributed by atoms with E-state index in [1.54, 1.807) is 11.7 Å². The molecule has 0 saturated carbocycles. The van der Waals surface area contributed by atoms with E-state index in [-0.39, 0.29) is 47.8 Å². The molecule has 6 rings (SSSR count). The number of fused-ring (bicyclic) bond motifs is 1. The third-order valence-corrected chi connectivity index (χ3v) is 11.1. The summed E-state index contributed by atoms with van der Waals surface area (Å²) in [5.74, 6) is 0.0764. The van der Waals surface area contributed by atoms with Crippen molar-refractivity contribution in [2.75, 3.05) is 32.7 Å². The number of aromatic nitrogens is 4. The molecule has 0 bridgehead atoms. The number of hydrogen-bond donors (Lipinski definition) is 4. The first-order chi connectivity index (χ1) is 28.0. The average Bonchev–Trinajstić information content (AvgIpc) is 3.57. The van der Waals surface area contributed by atoms with E-state index < -0.39 is 5.60 Å². The summed E-state index contributed by atoms with van der Waals surface area (Å²) in [6, 6.07) is 25.4. The lowest BCUT2D eigenvalue weighted by molar-refractivity contribution is -0.136.